The molecule has 0 amide bonds. The van der Waals surface area contributed by atoms with Gasteiger partial charge in [0, 0.05) is 24.1 Å². The third kappa shape index (κ3) is 2.72. The Balaban J connectivity index is 1.80. The zero-order valence-electron chi connectivity index (χ0n) is 13.4. The lowest BCUT2D eigenvalue weighted by molar-refractivity contribution is -0.386. The number of aromatic hydroxyl groups is 1. The van der Waals surface area contributed by atoms with Gasteiger partial charge in [0.2, 0.25) is 0 Å². The number of fused-ring (bicyclic) bond motifs is 1. The van der Waals surface area contributed by atoms with Crippen LogP contribution in [0.25, 0.3) is 0 Å². The Morgan fingerprint density at radius 3 is 2.92 bits per heavy atom. The first-order valence-electron chi connectivity index (χ1n) is 7.94. The molecular formula is C17H16N4O3S. The summed E-state index contributed by atoms with van der Waals surface area (Å²) in [6, 6.07) is 9.86. The van der Waals surface area contributed by atoms with E-state index in [9.17, 15) is 15.2 Å². The van der Waals surface area contributed by atoms with Crippen molar-refractivity contribution >= 4 is 22.6 Å². The van der Waals surface area contributed by atoms with Crippen molar-refractivity contribution in [3.05, 3.63) is 64.0 Å². The second-order valence-electron chi connectivity index (χ2n) is 6.14. The third-order valence-corrected chi connectivity index (χ3v) is 5.52. The second-order valence-corrected chi connectivity index (χ2v) is 7.55. The van der Waals surface area contributed by atoms with Crippen LogP contribution in [0.4, 0.5) is 5.69 Å². The van der Waals surface area contributed by atoms with Crippen LogP contribution in [0.1, 0.15) is 30.3 Å². The molecular weight excluding hydrogens is 340 g/mol. The van der Waals surface area contributed by atoms with Gasteiger partial charge in [0.25, 0.3) is 0 Å². The van der Waals surface area contributed by atoms with Crippen LogP contribution < -0.4 is 0 Å². The molecule has 128 valence electrons. The summed E-state index contributed by atoms with van der Waals surface area (Å²) in [7, 11) is 0. The standard InChI is InChI=1S/C17H16N4O3S/c1-10-9-20-16(11-5-6-14(22)13(8-11)21(23)24)15(19-17(20)25-10)12-4-2-3-7-18-12/h2-8,10,15-16,22H,9H2,1H3/t10-,15-,16-/m0/s1. The summed E-state index contributed by atoms with van der Waals surface area (Å²) in [6.07, 6.45) is 1.73. The van der Waals surface area contributed by atoms with Crippen LogP contribution in [0.2, 0.25) is 0 Å². The van der Waals surface area contributed by atoms with Crippen LogP contribution in [-0.2, 0) is 0 Å². The fraction of sp³-hybridized carbons (Fsp3) is 0.294. The number of nitro groups is 1. The van der Waals surface area contributed by atoms with E-state index >= 15 is 0 Å². The molecule has 4 rings (SSSR count). The van der Waals surface area contributed by atoms with Gasteiger partial charge in [-0.2, -0.15) is 0 Å². The van der Waals surface area contributed by atoms with E-state index in [0.717, 1.165) is 23.0 Å². The van der Waals surface area contributed by atoms with Crippen LogP contribution in [0.15, 0.2) is 47.6 Å². The van der Waals surface area contributed by atoms with E-state index in [-0.39, 0.29) is 23.5 Å². The van der Waals surface area contributed by atoms with E-state index in [1.807, 2.05) is 18.2 Å². The fourth-order valence-corrected chi connectivity index (χ4v) is 4.44. The van der Waals surface area contributed by atoms with Crippen LogP contribution in [0.5, 0.6) is 5.75 Å². The predicted molar refractivity (Wildman–Crippen MR) is 95.7 cm³/mol. The molecule has 1 aromatic heterocycles. The van der Waals surface area contributed by atoms with Gasteiger partial charge in [0.05, 0.1) is 16.7 Å². The molecule has 0 unspecified atom stereocenters. The number of aromatic nitrogens is 1. The first-order valence-corrected chi connectivity index (χ1v) is 8.82. The van der Waals surface area contributed by atoms with Gasteiger partial charge < -0.3 is 10.0 Å². The highest BCUT2D eigenvalue weighted by Crippen LogP contribution is 2.48. The minimum Gasteiger partial charge on any atom is -0.502 e. The lowest BCUT2D eigenvalue weighted by Gasteiger charge is -2.27. The molecule has 1 saturated heterocycles. The average Bonchev–Trinajstić information content (AvgIpc) is 3.12. The van der Waals surface area contributed by atoms with Crippen LogP contribution >= 0.6 is 11.8 Å². The Morgan fingerprint density at radius 2 is 2.20 bits per heavy atom. The summed E-state index contributed by atoms with van der Waals surface area (Å²) in [5.74, 6) is -0.327. The second kappa shape index (κ2) is 6.03. The smallest absolute Gasteiger partial charge is 0.311 e. The minimum absolute atomic E-state index is 0.165. The lowest BCUT2D eigenvalue weighted by Crippen LogP contribution is -2.28. The van der Waals surface area contributed by atoms with Gasteiger partial charge in [0.1, 0.15) is 6.04 Å². The minimum atomic E-state index is -0.563. The number of nitrogens with zero attached hydrogens (tertiary/aromatic N) is 4. The van der Waals surface area contributed by atoms with Crippen LogP contribution in [-0.4, -0.2) is 36.9 Å². The van der Waals surface area contributed by atoms with E-state index in [1.54, 1.807) is 24.0 Å². The number of aliphatic imine (C=N–C) groups is 1. The molecule has 2 aliphatic heterocycles. The summed E-state index contributed by atoms with van der Waals surface area (Å²) in [5, 5.41) is 22.3. The normalized spacial score (nSPS) is 24.9. The molecule has 3 heterocycles. The molecule has 2 aromatic rings. The van der Waals surface area contributed by atoms with Crippen molar-refractivity contribution in [3.63, 3.8) is 0 Å². The lowest BCUT2D eigenvalue weighted by atomic mass is 9.96. The third-order valence-electron chi connectivity index (χ3n) is 4.42. The number of hydrogen-bond donors (Lipinski definition) is 1. The first-order chi connectivity index (χ1) is 12.0. The maximum atomic E-state index is 11.2. The Bertz CT molecular complexity index is 858. The van der Waals surface area contributed by atoms with E-state index in [2.05, 4.69) is 16.8 Å². The molecule has 2 aliphatic rings. The van der Waals surface area contributed by atoms with E-state index < -0.39 is 4.92 Å². The molecule has 1 aromatic carbocycles. The number of phenolic OH excluding ortho intramolecular Hbond substituents is 1. The number of thioether (sulfide) groups is 1. The maximum Gasteiger partial charge on any atom is 0.311 e. The Morgan fingerprint density at radius 1 is 1.36 bits per heavy atom. The van der Waals surface area contributed by atoms with Gasteiger partial charge in [-0.3, -0.25) is 20.1 Å². The average molecular weight is 356 g/mol. The number of pyridine rings is 1. The van der Waals surface area contributed by atoms with E-state index in [1.165, 1.54) is 12.1 Å². The first kappa shape index (κ1) is 15.9. The SMILES string of the molecule is C[C@H]1CN2C(=N[C@@H](c3ccccn3)[C@@H]2c2ccc(O)c([N+](=O)[O-])c2)S1. The monoisotopic (exact) mass is 356 g/mol. The number of nitro benzene ring substituents is 1. The van der Waals surface area contributed by atoms with Gasteiger partial charge in [-0.25, -0.2) is 0 Å². The van der Waals surface area contributed by atoms with Gasteiger partial charge in [-0.15, -0.1) is 0 Å². The summed E-state index contributed by atoms with van der Waals surface area (Å²) in [6.45, 7) is 2.96. The van der Waals surface area contributed by atoms with Gasteiger partial charge in [-0.05, 0) is 23.8 Å². The molecule has 0 bridgehead atoms. The highest BCUT2D eigenvalue weighted by atomic mass is 32.2. The molecule has 8 heteroatoms. The summed E-state index contributed by atoms with van der Waals surface area (Å²) in [4.78, 5) is 22.1. The van der Waals surface area contributed by atoms with E-state index in [4.69, 9.17) is 4.99 Å². The van der Waals surface area contributed by atoms with Crippen molar-refractivity contribution in [2.24, 2.45) is 4.99 Å². The predicted octanol–water partition coefficient (Wildman–Crippen LogP) is 3.28. The number of phenols is 1. The maximum absolute atomic E-state index is 11.2. The number of benzene rings is 1. The van der Waals surface area contributed by atoms with Crippen molar-refractivity contribution in [1.82, 2.24) is 9.88 Å². The van der Waals surface area contributed by atoms with Crippen LogP contribution in [0, 0.1) is 10.1 Å². The van der Waals surface area contributed by atoms with Gasteiger partial charge in [0.15, 0.2) is 10.9 Å². The molecule has 1 N–H and O–H groups in total. The van der Waals surface area contributed by atoms with Crippen molar-refractivity contribution < 1.29 is 10.0 Å². The number of rotatable bonds is 3. The topological polar surface area (TPSA) is 91.9 Å². The van der Waals surface area contributed by atoms with Gasteiger partial charge >= 0.3 is 5.69 Å². The van der Waals surface area contributed by atoms with E-state index in [0.29, 0.717) is 5.25 Å². The highest BCUT2D eigenvalue weighted by Gasteiger charge is 2.44. The number of amidine groups is 1. The van der Waals surface area contributed by atoms with Gasteiger partial charge in [-0.1, -0.05) is 30.8 Å². The largest absolute Gasteiger partial charge is 0.502 e. The Labute approximate surface area is 148 Å². The molecule has 25 heavy (non-hydrogen) atoms. The Kier molecular flexibility index (Phi) is 3.84. The molecule has 1 fully saturated rings. The summed E-state index contributed by atoms with van der Waals surface area (Å²) >= 11 is 1.71. The molecule has 0 radical (unpaired) electrons. The summed E-state index contributed by atoms with van der Waals surface area (Å²) < 4.78 is 0. The fourth-order valence-electron chi connectivity index (χ4n) is 3.35. The zero-order valence-corrected chi connectivity index (χ0v) is 14.3. The molecule has 0 saturated carbocycles. The molecule has 0 aliphatic carbocycles. The highest BCUT2D eigenvalue weighted by molar-refractivity contribution is 8.14. The summed E-state index contributed by atoms with van der Waals surface area (Å²) in [5.41, 5.74) is 1.30. The molecule has 7 nitrogen and oxygen atoms in total. The molecule has 3 atom stereocenters. The number of hydrogen-bond acceptors (Lipinski definition) is 7. The molecule has 0 spiro atoms. The quantitative estimate of drug-likeness (QED) is 0.670. The van der Waals surface area contributed by atoms with Crippen molar-refractivity contribution in [2.45, 2.75) is 24.3 Å². The Hall–Kier alpha value is -2.61. The van der Waals surface area contributed by atoms with Crippen molar-refractivity contribution in [2.75, 3.05) is 6.54 Å². The van der Waals surface area contributed by atoms with Crippen molar-refractivity contribution in [3.8, 4) is 5.75 Å². The zero-order chi connectivity index (χ0) is 17.6. The van der Waals surface area contributed by atoms with Crippen molar-refractivity contribution in [1.29, 1.82) is 0 Å². The van der Waals surface area contributed by atoms with Crippen LogP contribution in [0.3, 0.4) is 0 Å².